The first-order chi connectivity index (χ1) is 9.11. The monoisotopic (exact) mass is 263 g/mol. The zero-order valence-corrected chi connectivity index (χ0v) is 11.3. The van der Waals surface area contributed by atoms with Gasteiger partial charge in [-0.2, -0.15) is 0 Å². The number of amides is 1. The summed E-state index contributed by atoms with van der Waals surface area (Å²) in [6, 6.07) is 8.16. The van der Waals surface area contributed by atoms with Crippen LogP contribution < -0.4 is 5.32 Å². The third-order valence-electron chi connectivity index (χ3n) is 2.97. The van der Waals surface area contributed by atoms with Crippen LogP contribution in [-0.2, 0) is 22.6 Å². The summed E-state index contributed by atoms with van der Waals surface area (Å²) in [5.74, 6) is -0.832. The molecule has 0 aliphatic heterocycles. The van der Waals surface area contributed by atoms with E-state index < -0.39 is 5.97 Å². The van der Waals surface area contributed by atoms with Crippen molar-refractivity contribution in [2.75, 3.05) is 0 Å². The summed E-state index contributed by atoms with van der Waals surface area (Å²) in [4.78, 5) is 21.8. The van der Waals surface area contributed by atoms with E-state index in [9.17, 15) is 9.59 Å². The number of unbranched alkanes of at least 4 members (excludes halogenated alkanes) is 1. The van der Waals surface area contributed by atoms with E-state index >= 15 is 0 Å². The number of rotatable bonds is 8. The van der Waals surface area contributed by atoms with Crippen molar-refractivity contribution in [3.63, 3.8) is 0 Å². The van der Waals surface area contributed by atoms with Crippen LogP contribution in [0.15, 0.2) is 24.3 Å². The molecule has 19 heavy (non-hydrogen) atoms. The average Bonchev–Trinajstić information content (AvgIpc) is 2.41. The highest BCUT2D eigenvalue weighted by Gasteiger charge is 2.03. The lowest BCUT2D eigenvalue weighted by Crippen LogP contribution is -2.22. The van der Waals surface area contributed by atoms with Crippen LogP contribution in [0.3, 0.4) is 0 Å². The molecule has 1 aromatic carbocycles. The van der Waals surface area contributed by atoms with Crippen LogP contribution in [0, 0.1) is 0 Å². The van der Waals surface area contributed by atoms with E-state index in [1.807, 2.05) is 12.1 Å². The third kappa shape index (κ3) is 6.60. The molecule has 0 aliphatic carbocycles. The van der Waals surface area contributed by atoms with Crippen molar-refractivity contribution >= 4 is 11.9 Å². The van der Waals surface area contributed by atoms with E-state index in [-0.39, 0.29) is 12.3 Å². The summed E-state index contributed by atoms with van der Waals surface area (Å²) in [5, 5.41) is 11.3. The molecule has 4 nitrogen and oxygen atoms in total. The number of hydrogen-bond donors (Lipinski definition) is 2. The highest BCUT2D eigenvalue weighted by atomic mass is 16.4. The first-order valence-electron chi connectivity index (χ1n) is 6.68. The lowest BCUT2D eigenvalue weighted by molar-refractivity contribution is -0.137. The molecule has 1 amide bonds. The van der Waals surface area contributed by atoms with Crippen LogP contribution in [0.1, 0.15) is 43.7 Å². The van der Waals surface area contributed by atoms with E-state index in [0.717, 1.165) is 12.0 Å². The molecule has 0 atom stereocenters. The Hall–Kier alpha value is -1.84. The fourth-order valence-electron chi connectivity index (χ4n) is 1.74. The van der Waals surface area contributed by atoms with E-state index in [4.69, 9.17) is 5.11 Å². The second-order valence-corrected chi connectivity index (χ2v) is 4.55. The molecule has 104 valence electrons. The lowest BCUT2D eigenvalue weighted by Gasteiger charge is -2.06. The molecule has 1 rings (SSSR count). The summed E-state index contributed by atoms with van der Waals surface area (Å²) < 4.78 is 0. The molecule has 2 N–H and O–H groups in total. The van der Waals surface area contributed by atoms with E-state index in [1.165, 1.54) is 5.56 Å². The number of carbonyl (C=O) groups excluding carboxylic acids is 1. The largest absolute Gasteiger partial charge is 0.481 e. The van der Waals surface area contributed by atoms with Crippen molar-refractivity contribution in [3.8, 4) is 0 Å². The number of aliphatic carboxylic acids is 1. The second kappa shape index (κ2) is 8.29. The number of aryl methyl sites for hydroxylation is 1. The molecule has 0 heterocycles. The predicted molar refractivity (Wildman–Crippen MR) is 73.8 cm³/mol. The second-order valence-electron chi connectivity index (χ2n) is 4.55. The average molecular weight is 263 g/mol. The zero-order valence-electron chi connectivity index (χ0n) is 11.3. The molecule has 0 bridgehead atoms. The maximum atomic E-state index is 11.5. The number of carboxylic acid groups (broad SMARTS) is 1. The summed E-state index contributed by atoms with van der Waals surface area (Å²) in [6.07, 6.45) is 2.70. The number of hydrogen-bond acceptors (Lipinski definition) is 2. The van der Waals surface area contributed by atoms with Gasteiger partial charge in [0.15, 0.2) is 0 Å². The van der Waals surface area contributed by atoms with Gasteiger partial charge in [0.05, 0.1) is 0 Å². The van der Waals surface area contributed by atoms with Crippen LogP contribution in [0.25, 0.3) is 0 Å². The topological polar surface area (TPSA) is 66.4 Å². The molecule has 0 unspecified atom stereocenters. The van der Waals surface area contributed by atoms with Crippen molar-refractivity contribution < 1.29 is 14.7 Å². The predicted octanol–water partition coefficient (Wildman–Crippen LogP) is 2.51. The summed E-state index contributed by atoms with van der Waals surface area (Å²) in [7, 11) is 0. The number of benzene rings is 1. The maximum Gasteiger partial charge on any atom is 0.303 e. The highest BCUT2D eigenvalue weighted by molar-refractivity contribution is 5.75. The lowest BCUT2D eigenvalue weighted by atomic mass is 10.1. The van der Waals surface area contributed by atoms with Gasteiger partial charge in [0, 0.05) is 19.4 Å². The van der Waals surface area contributed by atoms with E-state index in [2.05, 4.69) is 24.4 Å². The Labute approximate surface area is 113 Å². The SMILES string of the molecule is CCc1ccc(CNC(=O)CCCCC(=O)O)cc1. The molecule has 0 spiro atoms. The summed E-state index contributed by atoms with van der Waals surface area (Å²) in [5.41, 5.74) is 2.36. The standard InChI is InChI=1S/C15H21NO3/c1-2-12-7-9-13(10-8-12)11-16-14(17)5-3-4-6-15(18)19/h7-10H,2-6,11H2,1H3,(H,16,17)(H,18,19). The van der Waals surface area contributed by atoms with Crippen LogP contribution in [0.4, 0.5) is 0 Å². The van der Waals surface area contributed by atoms with Crippen LogP contribution in [0.5, 0.6) is 0 Å². The van der Waals surface area contributed by atoms with Crippen molar-refractivity contribution in [3.05, 3.63) is 35.4 Å². The molecular weight excluding hydrogens is 242 g/mol. The van der Waals surface area contributed by atoms with Gasteiger partial charge in [0.1, 0.15) is 0 Å². The van der Waals surface area contributed by atoms with Crippen LogP contribution in [-0.4, -0.2) is 17.0 Å². The Balaban J connectivity index is 2.20. The molecule has 0 fully saturated rings. The van der Waals surface area contributed by atoms with Gasteiger partial charge in [-0.25, -0.2) is 0 Å². The van der Waals surface area contributed by atoms with Crippen LogP contribution >= 0.6 is 0 Å². The smallest absolute Gasteiger partial charge is 0.303 e. The quantitative estimate of drug-likeness (QED) is 0.708. The Morgan fingerprint density at radius 1 is 1.05 bits per heavy atom. The van der Waals surface area contributed by atoms with Crippen molar-refractivity contribution in [1.82, 2.24) is 5.32 Å². The van der Waals surface area contributed by atoms with Gasteiger partial charge < -0.3 is 10.4 Å². The first-order valence-corrected chi connectivity index (χ1v) is 6.68. The Kier molecular flexibility index (Phi) is 6.64. The first kappa shape index (κ1) is 15.2. The number of carbonyl (C=O) groups is 2. The number of carboxylic acids is 1. The molecule has 0 aliphatic rings. The van der Waals surface area contributed by atoms with Gasteiger partial charge in [-0.1, -0.05) is 31.2 Å². The van der Waals surface area contributed by atoms with Gasteiger partial charge >= 0.3 is 5.97 Å². The number of nitrogens with one attached hydrogen (secondary N) is 1. The Morgan fingerprint density at radius 3 is 2.21 bits per heavy atom. The van der Waals surface area contributed by atoms with Gasteiger partial charge in [-0.3, -0.25) is 9.59 Å². The third-order valence-corrected chi connectivity index (χ3v) is 2.97. The van der Waals surface area contributed by atoms with Gasteiger partial charge in [-0.05, 0) is 30.4 Å². The fourth-order valence-corrected chi connectivity index (χ4v) is 1.74. The minimum Gasteiger partial charge on any atom is -0.481 e. The van der Waals surface area contributed by atoms with Crippen LogP contribution in [0.2, 0.25) is 0 Å². The molecule has 0 saturated carbocycles. The van der Waals surface area contributed by atoms with Crippen molar-refractivity contribution in [2.45, 2.75) is 45.6 Å². The van der Waals surface area contributed by atoms with Gasteiger partial charge in [-0.15, -0.1) is 0 Å². The minimum atomic E-state index is -0.809. The zero-order chi connectivity index (χ0) is 14.1. The molecular formula is C15H21NO3. The fraction of sp³-hybridized carbons (Fsp3) is 0.467. The summed E-state index contributed by atoms with van der Waals surface area (Å²) in [6.45, 7) is 2.63. The maximum absolute atomic E-state index is 11.5. The van der Waals surface area contributed by atoms with Crippen molar-refractivity contribution in [2.24, 2.45) is 0 Å². The van der Waals surface area contributed by atoms with Gasteiger partial charge in [0.25, 0.3) is 0 Å². The molecule has 0 aromatic heterocycles. The van der Waals surface area contributed by atoms with E-state index in [0.29, 0.717) is 25.8 Å². The molecule has 1 aromatic rings. The van der Waals surface area contributed by atoms with E-state index in [1.54, 1.807) is 0 Å². The van der Waals surface area contributed by atoms with Crippen molar-refractivity contribution in [1.29, 1.82) is 0 Å². The Bertz CT molecular complexity index is 412. The molecule has 4 heteroatoms. The highest BCUT2D eigenvalue weighted by Crippen LogP contribution is 2.05. The minimum absolute atomic E-state index is 0.0232. The summed E-state index contributed by atoms with van der Waals surface area (Å²) >= 11 is 0. The Morgan fingerprint density at radius 2 is 1.63 bits per heavy atom. The molecule has 0 saturated heterocycles. The normalized spacial score (nSPS) is 10.2. The van der Waals surface area contributed by atoms with Gasteiger partial charge in [0.2, 0.25) is 5.91 Å². The molecule has 0 radical (unpaired) electrons.